The monoisotopic (exact) mass is 243 g/mol. The van der Waals surface area contributed by atoms with E-state index in [4.69, 9.17) is 4.74 Å². The largest absolute Gasteiger partial charge is 0.435 e. The third-order valence-corrected chi connectivity index (χ3v) is 2.71. The number of ether oxygens (including phenoxy) is 2. The smallest absolute Gasteiger partial charge is 0.387 e. The van der Waals surface area contributed by atoms with E-state index >= 15 is 0 Å². The second-order valence-electron chi connectivity index (χ2n) is 4.07. The molecule has 0 spiro atoms. The summed E-state index contributed by atoms with van der Waals surface area (Å²) in [6.07, 6.45) is 0. The molecule has 0 saturated carbocycles. The zero-order valence-corrected chi connectivity index (χ0v) is 9.53. The van der Waals surface area contributed by atoms with Gasteiger partial charge >= 0.3 is 6.61 Å². The van der Waals surface area contributed by atoms with Crippen LogP contribution < -0.4 is 10.1 Å². The maximum Gasteiger partial charge on any atom is 0.387 e. The van der Waals surface area contributed by atoms with Crippen LogP contribution in [0, 0.1) is 0 Å². The third kappa shape index (κ3) is 3.38. The van der Waals surface area contributed by atoms with Crippen molar-refractivity contribution in [2.75, 3.05) is 13.2 Å². The van der Waals surface area contributed by atoms with Crippen molar-refractivity contribution in [1.29, 1.82) is 0 Å². The third-order valence-electron chi connectivity index (χ3n) is 2.71. The summed E-state index contributed by atoms with van der Waals surface area (Å²) in [7, 11) is 0. The van der Waals surface area contributed by atoms with Crippen LogP contribution in [0.25, 0.3) is 0 Å². The fourth-order valence-corrected chi connectivity index (χ4v) is 1.74. The number of benzene rings is 1. The van der Waals surface area contributed by atoms with E-state index in [0.717, 1.165) is 5.56 Å². The quantitative estimate of drug-likeness (QED) is 0.861. The lowest BCUT2D eigenvalue weighted by Gasteiger charge is -2.30. The number of hydrogen-bond acceptors (Lipinski definition) is 3. The fourth-order valence-electron chi connectivity index (χ4n) is 1.74. The zero-order chi connectivity index (χ0) is 12.3. The Morgan fingerprint density at radius 2 is 2.18 bits per heavy atom. The van der Waals surface area contributed by atoms with Gasteiger partial charge in [0.1, 0.15) is 5.75 Å². The Hall–Kier alpha value is -1.20. The molecule has 0 radical (unpaired) electrons. The van der Waals surface area contributed by atoms with Crippen LogP contribution in [0.3, 0.4) is 0 Å². The minimum absolute atomic E-state index is 0.0881. The van der Waals surface area contributed by atoms with Crippen molar-refractivity contribution in [2.24, 2.45) is 0 Å². The van der Waals surface area contributed by atoms with Gasteiger partial charge < -0.3 is 14.8 Å². The first-order valence-corrected chi connectivity index (χ1v) is 5.53. The highest BCUT2D eigenvalue weighted by atomic mass is 19.3. The Bertz CT molecular complexity index is 369. The van der Waals surface area contributed by atoms with Crippen LogP contribution in [-0.2, 0) is 4.74 Å². The molecule has 0 aromatic heterocycles. The molecule has 1 atom stereocenters. The molecule has 1 saturated heterocycles. The first-order valence-electron chi connectivity index (χ1n) is 5.53. The summed E-state index contributed by atoms with van der Waals surface area (Å²) >= 11 is 0. The molecule has 1 aliphatic rings. The van der Waals surface area contributed by atoms with Gasteiger partial charge in [0.15, 0.2) is 0 Å². The lowest BCUT2D eigenvalue weighted by atomic mass is 10.1. The molecule has 1 aromatic carbocycles. The van der Waals surface area contributed by atoms with Gasteiger partial charge in [-0.05, 0) is 24.6 Å². The molecule has 2 rings (SSSR count). The summed E-state index contributed by atoms with van der Waals surface area (Å²) in [6, 6.07) is 7.19. The Balaban J connectivity index is 1.98. The molecule has 0 bridgehead atoms. The minimum atomic E-state index is -2.78. The molecule has 1 unspecified atom stereocenters. The van der Waals surface area contributed by atoms with Crippen molar-refractivity contribution < 1.29 is 18.3 Å². The highest BCUT2D eigenvalue weighted by Gasteiger charge is 2.20. The lowest BCUT2D eigenvalue weighted by molar-refractivity contribution is -0.0499. The van der Waals surface area contributed by atoms with E-state index in [2.05, 4.69) is 10.1 Å². The van der Waals surface area contributed by atoms with E-state index < -0.39 is 6.61 Å². The first kappa shape index (κ1) is 12.3. The highest BCUT2D eigenvalue weighted by molar-refractivity contribution is 5.30. The number of hydrogen-bond donors (Lipinski definition) is 1. The predicted octanol–water partition coefficient (Wildman–Crippen LogP) is 2.34. The van der Waals surface area contributed by atoms with Gasteiger partial charge in [-0.3, -0.25) is 0 Å². The number of nitrogens with one attached hydrogen (secondary N) is 1. The van der Waals surface area contributed by atoms with Gasteiger partial charge in [0.05, 0.1) is 19.3 Å². The fraction of sp³-hybridized carbons (Fsp3) is 0.500. The van der Waals surface area contributed by atoms with E-state index in [0.29, 0.717) is 19.3 Å². The second kappa shape index (κ2) is 5.42. The first-order chi connectivity index (χ1) is 8.15. The van der Waals surface area contributed by atoms with Crippen molar-refractivity contribution in [3.63, 3.8) is 0 Å². The van der Waals surface area contributed by atoms with Gasteiger partial charge in [0.25, 0.3) is 0 Å². The standard InChI is InChI=1S/C12H15F2NO2/c1-8(15-10-6-16-7-10)9-3-2-4-11(5-9)17-12(13)14/h2-5,8,10,12,15H,6-7H2,1H3. The van der Waals surface area contributed by atoms with Gasteiger partial charge in [0.2, 0.25) is 0 Å². The Kier molecular flexibility index (Phi) is 3.91. The topological polar surface area (TPSA) is 30.5 Å². The molecule has 1 heterocycles. The lowest BCUT2D eigenvalue weighted by Crippen LogP contribution is -2.46. The van der Waals surface area contributed by atoms with Crippen LogP contribution in [0.2, 0.25) is 0 Å². The predicted molar refractivity (Wildman–Crippen MR) is 59.2 cm³/mol. The number of rotatable bonds is 5. The van der Waals surface area contributed by atoms with Gasteiger partial charge in [0, 0.05) is 6.04 Å². The zero-order valence-electron chi connectivity index (χ0n) is 9.53. The van der Waals surface area contributed by atoms with Gasteiger partial charge in [-0.15, -0.1) is 0 Å². The van der Waals surface area contributed by atoms with E-state index in [1.54, 1.807) is 12.1 Å². The molecule has 1 N–H and O–H groups in total. The van der Waals surface area contributed by atoms with Crippen LogP contribution >= 0.6 is 0 Å². The summed E-state index contributed by atoms with van der Waals surface area (Å²) in [4.78, 5) is 0. The van der Waals surface area contributed by atoms with Crippen LogP contribution in [0.5, 0.6) is 5.75 Å². The summed E-state index contributed by atoms with van der Waals surface area (Å²) in [6.45, 7) is 0.614. The number of halogens is 2. The molecule has 17 heavy (non-hydrogen) atoms. The molecule has 94 valence electrons. The molecule has 1 fully saturated rings. The van der Waals surface area contributed by atoms with Crippen LogP contribution in [0.4, 0.5) is 8.78 Å². The summed E-state index contributed by atoms with van der Waals surface area (Å²) in [5.74, 6) is 0.191. The van der Waals surface area contributed by atoms with Crippen LogP contribution in [0.1, 0.15) is 18.5 Å². The van der Waals surface area contributed by atoms with Crippen molar-refractivity contribution in [2.45, 2.75) is 25.6 Å². The molecule has 0 amide bonds. The van der Waals surface area contributed by atoms with E-state index in [9.17, 15) is 8.78 Å². The molecule has 3 nitrogen and oxygen atoms in total. The van der Waals surface area contributed by atoms with Gasteiger partial charge in [-0.2, -0.15) is 8.78 Å². The molecule has 5 heteroatoms. The van der Waals surface area contributed by atoms with Crippen molar-refractivity contribution >= 4 is 0 Å². The summed E-state index contributed by atoms with van der Waals surface area (Å²) < 4.78 is 33.6. The molecular formula is C12H15F2NO2. The average molecular weight is 243 g/mol. The molecular weight excluding hydrogens is 228 g/mol. The molecule has 1 aliphatic heterocycles. The summed E-state index contributed by atoms with van der Waals surface area (Å²) in [5, 5.41) is 3.35. The van der Waals surface area contributed by atoms with Crippen molar-refractivity contribution in [3.8, 4) is 5.75 Å². The van der Waals surface area contributed by atoms with E-state index in [1.165, 1.54) is 6.07 Å². The van der Waals surface area contributed by atoms with Gasteiger partial charge in [-0.25, -0.2) is 0 Å². The Morgan fingerprint density at radius 1 is 1.41 bits per heavy atom. The van der Waals surface area contributed by atoms with E-state index in [-0.39, 0.29) is 11.8 Å². The van der Waals surface area contributed by atoms with Crippen LogP contribution in [-0.4, -0.2) is 25.9 Å². The Labute approximate surface area is 98.7 Å². The van der Waals surface area contributed by atoms with Gasteiger partial charge in [-0.1, -0.05) is 12.1 Å². The normalized spacial score (nSPS) is 17.9. The van der Waals surface area contributed by atoms with E-state index in [1.807, 2.05) is 13.0 Å². The Morgan fingerprint density at radius 3 is 2.76 bits per heavy atom. The van der Waals surface area contributed by atoms with Crippen LogP contribution in [0.15, 0.2) is 24.3 Å². The number of alkyl halides is 2. The second-order valence-corrected chi connectivity index (χ2v) is 4.07. The highest BCUT2D eigenvalue weighted by Crippen LogP contribution is 2.21. The molecule has 0 aliphatic carbocycles. The SMILES string of the molecule is CC(NC1COC1)c1cccc(OC(F)F)c1. The molecule has 1 aromatic rings. The maximum absolute atomic E-state index is 12.1. The average Bonchev–Trinajstić information content (AvgIpc) is 2.22. The van der Waals surface area contributed by atoms with Crippen molar-refractivity contribution in [1.82, 2.24) is 5.32 Å². The maximum atomic E-state index is 12.1. The summed E-state index contributed by atoms with van der Waals surface area (Å²) in [5.41, 5.74) is 0.926. The minimum Gasteiger partial charge on any atom is -0.435 e. The van der Waals surface area contributed by atoms with Crippen molar-refractivity contribution in [3.05, 3.63) is 29.8 Å².